The fraction of sp³-hybridized carbons (Fsp3) is 0.458. The van der Waals surface area contributed by atoms with Crippen LogP contribution >= 0.6 is 0 Å². The minimum Gasteiger partial charge on any atom is -0.484 e. The topological polar surface area (TPSA) is 94.2 Å². The van der Waals surface area contributed by atoms with Gasteiger partial charge >= 0.3 is 5.97 Å². The first-order valence-electron chi connectivity index (χ1n) is 10.8. The summed E-state index contributed by atoms with van der Waals surface area (Å²) in [7, 11) is 1.30. The SMILES string of the molecule is COC(=O)C1=C(C)N(CC2CCCO2)C(=O)/C1=C\c1ccc(OCC(=O)NC(C)C)cc1. The summed E-state index contributed by atoms with van der Waals surface area (Å²) in [6.07, 6.45) is 3.50. The molecule has 1 saturated heterocycles. The van der Waals surface area contributed by atoms with Crippen molar-refractivity contribution >= 4 is 23.9 Å². The Morgan fingerprint density at radius 3 is 2.59 bits per heavy atom. The van der Waals surface area contributed by atoms with Crippen molar-refractivity contribution in [2.24, 2.45) is 0 Å². The molecule has 0 bridgehead atoms. The Labute approximate surface area is 188 Å². The van der Waals surface area contributed by atoms with Crippen molar-refractivity contribution in [3.05, 3.63) is 46.7 Å². The number of allylic oxidation sites excluding steroid dienone is 1. The zero-order valence-electron chi connectivity index (χ0n) is 19.0. The molecular weight excluding hydrogens is 412 g/mol. The van der Waals surface area contributed by atoms with Gasteiger partial charge in [0.15, 0.2) is 6.61 Å². The molecule has 1 fully saturated rings. The highest BCUT2D eigenvalue weighted by Crippen LogP contribution is 2.33. The largest absolute Gasteiger partial charge is 0.484 e. The summed E-state index contributed by atoms with van der Waals surface area (Å²) in [5.41, 5.74) is 1.85. The van der Waals surface area contributed by atoms with E-state index in [0.717, 1.165) is 18.4 Å². The van der Waals surface area contributed by atoms with Crippen molar-refractivity contribution in [2.45, 2.75) is 45.8 Å². The third-order valence-corrected chi connectivity index (χ3v) is 5.32. The number of ether oxygens (including phenoxy) is 3. The fourth-order valence-corrected chi connectivity index (χ4v) is 3.78. The lowest BCUT2D eigenvalue weighted by Crippen LogP contribution is -2.34. The molecule has 8 nitrogen and oxygen atoms in total. The molecule has 2 amide bonds. The summed E-state index contributed by atoms with van der Waals surface area (Å²) in [6, 6.07) is 7.01. The second kappa shape index (κ2) is 10.5. The molecule has 2 aliphatic rings. The van der Waals surface area contributed by atoms with Crippen LogP contribution in [0.15, 0.2) is 41.1 Å². The maximum absolute atomic E-state index is 13.2. The average Bonchev–Trinajstić information content (AvgIpc) is 3.35. The van der Waals surface area contributed by atoms with Crippen molar-refractivity contribution < 1.29 is 28.6 Å². The molecule has 0 saturated carbocycles. The highest BCUT2D eigenvalue weighted by Gasteiger charge is 2.38. The van der Waals surface area contributed by atoms with Gasteiger partial charge < -0.3 is 24.4 Å². The van der Waals surface area contributed by atoms with Gasteiger partial charge in [0.2, 0.25) is 0 Å². The number of nitrogens with one attached hydrogen (secondary N) is 1. The minimum atomic E-state index is -0.548. The van der Waals surface area contributed by atoms with Gasteiger partial charge in [0.1, 0.15) is 5.75 Å². The summed E-state index contributed by atoms with van der Waals surface area (Å²) in [6.45, 7) is 6.53. The number of nitrogens with zero attached hydrogens (tertiary/aromatic N) is 1. The number of carbonyl (C=O) groups is 3. The Bertz CT molecular complexity index is 926. The van der Waals surface area contributed by atoms with Crippen LogP contribution in [0, 0.1) is 0 Å². The van der Waals surface area contributed by atoms with Crippen molar-refractivity contribution in [3.8, 4) is 5.75 Å². The van der Waals surface area contributed by atoms with E-state index in [1.165, 1.54) is 7.11 Å². The van der Waals surface area contributed by atoms with Crippen LogP contribution in [0.25, 0.3) is 6.08 Å². The van der Waals surface area contributed by atoms with Crippen molar-refractivity contribution in [3.63, 3.8) is 0 Å². The van der Waals surface area contributed by atoms with Gasteiger partial charge in [-0.15, -0.1) is 0 Å². The van der Waals surface area contributed by atoms with E-state index < -0.39 is 5.97 Å². The standard InChI is InChI=1S/C24H30N2O6/c1-15(2)25-21(27)14-32-18-9-7-17(8-10-18)12-20-22(24(29)30-4)16(3)26(23(20)28)13-19-6-5-11-31-19/h7-10,12,15,19H,5-6,11,13-14H2,1-4H3,(H,25,27)/b20-12-. The maximum atomic E-state index is 13.2. The number of carbonyl (C=O) groups excluding carboxylic acids is 3. The number of esters is 1. The van der Waals surface area contributed by atoms with Gasteiger partial charge in [-0.3, -0.25) is 9.59 Å². The number of hydrogen-bond acceptors (Lipinski definition) is 6. The van der Waals surface area contributed by atoms with E-state index in [1.54, 1.807) is 42.2 Å². The first-order valence-corrected chi connectivity index (χ1v) is 10.8. The molecule has 0 aromatic heterocycles. The monoisotopic (exact) mass is 442 g/mol. The van der Waals surface area contributed by atoms with Crippen LogP contribution < -0.4 is 10.1 Å². The highest BCUT2D eigenvalue weighted by atomic mass is 16.5. The van der Waals surface area contributed by atoms with Crippen molar-refractivity contribution in [1.29, 1.82) is 0 Å². The number of benzene rings is 1. The second-order valence-corrected chi connectivity index (χ2v) is 8.14. The molecule has 1 aromatic rings. The van der Waals surface area contributed by atoms with Crippen LogP contribution in [0.3, 0.4) is 0 Å². The first-order chi connectivity index (χ1) is 15.3. The lowest BCUT2D eigenvalue weighted by Gasteiger charge is -2.21. The van der Waals surface area contributed by atoms with E-state index in [0.29, 0.717) is 24.6 Å². The lowest BCUT2D eigenvalue weighted by atomic mass is 10.0. The van der Waals surface area contributed by atoms with Gasteiger partial charge in [0.05, 0.1) is 30.9 Å². The zero-order chi connectivity index (χ0) is 23.3. The van der Waals surface area contributed by atoms with E-state index in [-0.39, 0.29) is 41.7 Å². The van der Waals surface area contributed by atoms with Crippen LogP contribution in [-0.4, -0.2) is 61.7 Å². The number of methoxy groups -OCH3 is 1. The van der Waals surface area contributed by atoms with Crippen molar-refractivity contribution in [2.75, 3.05) is 26.9 Å². The molecule has 2 heterocycles. The Kier molecular flexibility index (Phi) is 7.69. The Balaban J connectivity index is 1.77. The number of amides is 2. The summed E-state index contributed by atoms with van der Waals surface area (Å²) in [4.78, 5) is 38.9. The van der Waals surface area contributed by atoms with Crippen molar-refractivity contribution in [1.82, 2.24) is 10.2 Å². The normalized spacial score (nSPS) is 19.8. The van der Waals surface area contributed by atoms with Gasteiger partial charge in [0, 0.05) is 18.3 Å². The van der Waals surface area contributed by atoms with Crippen LogP contribution in [0.5, 0.6) is 5.75 Å². The second-order valence-electron chi connectivity index (χ2n) is 8.14. The Morgan fingerprint density at radius 2 is 2.00 bits per heavy atom. The Hall–Kier alpha value is -3.13. The summed E-state index contributed by atoms with van der Waals surface area (Å²) in [5, 5.41) is 2.76. The molecule has 172 valence electrons. The molecule has 1 aromatic carbocycles. The number of hydrogen-bond donors (Lipinski definition) is 1. The molecule has 0 spiro atoms. The molecule has 32 heavy (non-hydrogen) atoms. The van der Waals surface area contributed by atoms with E-state index in [4.69, 9.17) is 14.2 Å². The molecule has 8 heteroatoms. The molecule has 0 radical (unpaired) electrons. The van der Waals surface area contributed by atoms with E-state index >= 15 is 0 Å². The molecule has 1 atom stereocenters. The van der Waals surface area contributed by atoms with Gasteiger partial charge in [-0.2, -0.15) is 0 Å². The van der Waals surface area contributed by atoms with Gasteiger partial charge in [-0.05, 0) is 57.4 Å². The predicted molar refractivity (Wildman–Crippen MR) is 119 cm³/mol. The average molecular weight is 443 g/mol. The molecule has 1 unspecified atom stereocenters. The quantitative estimate of drug-likeness (QED) is 0.491. The van der Waals surface area contributed by atoms with Crippen LogP contribution in [0.4, 0.5) is 0 Å². The summed E-state index contributed by atoms with van der Waals surface area (Å²) in [5.74, 6) is -0.460. The van der Waals surface area contributed by atoms with Crippen LogP contribution in [-0.2, 0) is 23.9 Å². The Morgan fingerprint density at radius 1 is 1.28 bits per heavy atom. The molecule has 2 aliphatic heterocycles. The minimum absolute atomic E-state index is 0.0310. The predicted octanol–water partition coefficient (Wildman–Crippen LogP) is 2.44. The fourth-order valence-electron chi connectivity index (χ4n) is 3.78. The zero-order valence-corrected chi connectivity index (χ0v) is 19.0. The molecular formula is C24H30N2O6. The van der Waals surface area contributed by atoms with Gasteiger partial charge in [0.25, 0.3) is 11.8 Å². The van der Waals surface area contributed by atoms with Gasteiger partial charge in [-0.1, -0.05) is 12.1 Å². The molecule has 0 aliphatic carbocycles. The molecule has 3 rings (SSSR count). The third-order valence-electron chi connectivity index (χ3n) is 5.32. The lowest BCUT2D eigenvalue weighted by molar-refractivity contribution is -0.136. The maximum Gasteiger partial charge on any atom is 0.340 e. The van der Waals surface area contributed by atoms with Crippen LogP contribution in [0.2, 0.25) is 0 Å². The van der Waals surface area contributed by atoms with E-state index in [1.807, 2.05) is 13.8 Å². The smallest absolute Gasteiger partial charge is 0.340 e. The van der Waals surface area contributed by atoms with E-state index in [9.17, 15) is 14.4 Å². The molecule has 1 N–H and O–H groups in total. The highest BCUT2D eigenvalue weighted by molar-refractivity contribution is 6.16. The van der Waals surface area contributed by atoms with E-state index in [2.05, 4.69) is 5.32 Å². The third kappa shape index (κ3) is 5.56. The summed E-state index contributed by atoms with van der Waals surface area (Å²) >= 11 is 0. The van der Waals surface area contributed by atoms with Crippen LogP contribution in [0.1, 0.15) is 39.2 Å². The number of rotatable bonds is 8. The first kappa shape index (κ1) is 23.5. The summed E-state index contributed by atoms with van der Waals surface area (Å²) < 4.78 is 16.1. The van der Waals surface area contributed by atoms with Gasteiger partial charge in [-0.25, -0.2) is 4.79 Å².